The second-order valence-corrected chi connectivity index (χ2v) is 7.95. The minimum absolute atomic E-state index is 0.0637. The highest BCUT2D eigenvalue weighted by atomic mass is 16.5. The number of carboxylic acid groups (broad SMARTS) is 1. The molecule has 2 unspecified atom stereocenters. The first-order chi connectivity index (χ1) is 16.0. The van der Waals surface area contributed by atoms with Gasteiger partial charge in [-0.15, -0.1) is 0 Å². The van der Waals surface area contributed by atoms with E-state index < -0.39 is 5.97 Å². The first-order valence-corrected chi connectivity index (χ1v) is 10.9. The van der Waals surface area contributed by atoms with E-state index in [1.54, 1.807) is 25.7 Å². The van der Waals surface area contributed by atoms with Crippen molar-refractivity contribution in [2.45, 2.75) is 32.2 Å². The number of pyridine rings is 1. The van der Waals surface area contributed by atoms with Gasteiger partial charge in [-0.1, -0.05) is 13.8 Å². The zero-order valence-electron chi connectivity index (χ0n) is 18.9. The summed E-state index contributed by atoms with van der Waals surface area (Å²) in [6.07, 6.45) is 6.28. The van der Waals surface area contributed by atoms with Crippen LogP contribution in [-0.2, 0) is 0 Å². The Hall–Kier alpha value is -3.85. The molecule has 3 heterocycles. The van der Waals surface area contributed by atoms with E-state index in [1.165, 1.54) is 6.07 Å². The maximum Gasteiger partial charge on any atom is 0.339 e. The van der Waals surface area contributed by atoms with Crippen LogP contribution in [0.1, 0.15) is 53.7 Å². The van der Waals surface area contributed by atoms with Crippen molar-refractivity contribution in [2.75, 3.05) is 19.0 Å². The molecular weight excluding hydrogens is 420 g/mol. The number of nitrogens with two attached hydrogens (primary N) is 1. The molecule has 0 amide bonds. The normalized spacial score (nSPS) is 13.1. The average molecular weight is 449 g/mol. The fourth-order valence-corrected chi connectivity index (χ4v) is 3.88. The van der Waals surface area contributed by atoms with Gasteiger partial charge in [0, 0.05) is 25.0 Å². The first kappa shape index (κ1) is 22.3. The second kappa shape index (κ2) is 9.33. The maximum atomic E-state index is 11.8. The molecule has 4 rings (SSSR count). The minimum atomic E-state index is -1.07. The number of fused-ring (bicyclic) bond motifs is 1. The Morgan fingerprint density at radius 2 is 2.15 bits per heavy atom. The Bertz CT molecular complexity index is 1260. The number of carbonyl (C=O) groups is 1. The summed E-state index contributed by atoms with van der Waals surface area (Å²) >= 11 is 0. The van der Waals surface area contributed by atoms with E-state index in [-0.39, 0.29) is 24.0 Å². The van der Waals surface area contributed by atoms with E-state index in [9.17, 15) is 9.90 Å². The van der Waals surface area contributed by atoms with Crippen LogP contribution >= 0.6 is 0 Å². The van der Waals surface area contributed by atoms with Gasteiger partial charge in [0.05, 0.1) is 24.2 Å². The van der Waals surface area contributed by atoms with Crippen LogP contribution in [0.5, 0.6) is 5.75 Å². The average Bonchev–Trinajstić information content (AvgIpc) is 3.50. The van der Waals surface area contributed by atoms with E-state index in [2.05, 4.69) is 34.1 Å². The van der Waals surface area contributed by atoms with Gasteiger partial charge in [0.25, 0.3) is 0 Å². The standard InChI is InChI=1S/C24H28N6O3/c1-4-14(2)17-9-18-20(10-21(17)33-3)30(13-27-18)22-6-5-16(24(31)32)23(29-22)28-19(11-25)15-7-8-26-12-15/h5-10,12-14,19,26H,4,11,25H2,1-3H3,(H,28,29)(H,31,32). The predicted octanol–water partition coefficient (Wildman–Crippen LogP) is 4.08. The minimum Gasteiger partial charge on any atom is -0.496 e. The van der Waals surface area contributed by atoms with Gasteiger partial charge in [0.2, 0.25) is 0 Å². The Balaban J connectivity index is 1.79. The highest BCUT2D eigenvalue weighted by molar-refractivity contribution is 5.93. The molecule has 0 bridgehead atoms. The highest BCUT2D eigenvalue weighted by Crippen LogP contribution is 2.33. The number of nitrogens with zero attached hydrogens (tertiary/aromatic N) is 3. The van der Waals surface area contributed by atoms with Crippen molar-refractivity contribution in [1.29, 1.82) is 0 Å². The molecule has 5 N–H and O–H groups in total. The lowest BCUT2D eigenvalue weighted by atomic mass is 9.97. The Morgan fingerprint density at radius 1 is 1.33 bits per heavy atom. The van der Waals surface area contributed by atoms with Gasteiger partial charge in [-0.2, -0.15) is 0 Å². The molecule has 9 heteroatoms. The van der Waals surface area contributed by atoms with Crippen LogP contribution in [0.4, 0.5) is 5.82 Å². The monoisotopic (exact) mass is 448 g/mol. The molecule has 0 radical (unpaired) electrons. The molecule has 172 valence electrons. The molecule has 0 saturated heterocycles. The molecule has 0 fully saturated rings. The summed E-state index contributed by atoms with van der Waals surface area (Å²) in [6, 6.07) is 8.79. The summed E-state index contributed by atoms with van der Waals surface area (Å²) in [7, 11) is 1.66. The van der Waals surface area contributed by atoms with Gasteiger partial charge in [-0.25, -0.2) is 14.8 Å². The quantitative estimate of drug-likeness (QED) is 0.303. The summed E-state index contributed by atoms with van der Waals surface area (Å²) in [4.78, 5) is 24.0. The predicted molar refractivity (Wildman–Crippen MR) is 127 cm³/mol. The van der Waals surface area contributed by atoms with Gasteiger partial charge < -0.3 is 25.9 Å². The number of aromatic carboxylic acids is 1. The van der Waals surface area contributed by atoms with Crippen LogP contribution in [0.2, 0.25) is 0 Å². The molecule has 0 spiro atoms. The number of nitrogens with one attached hydrogen (secondary N) is 2. The van der Waals surface area contributed by atoms with Crippen LogP contribution in [0.25, 0.3) is 16.9 Å². The molecular formula is C24H28N6O3. The van der Waals surface area contributed by atoms with E-state index in [4.69, 9.17) is 10.5 Å². The number of methoxy groups -OCH3 is 1. The van der Waals surface area contributed by atoms with Gasteiger partial charge in [0.1, 0.15) is 29.3 Å². The van der Waals surface area contributed by atoms with Crippen molar-refractivity contribution in [1.82, 2.24) is 19.5 Å². The number of hydrogen-bond acceptors (Lipinski definition) is 6. The number of aromatic nitrogens is 4. The van der Waals surface area contributed by atoms with E-state index in [0.717, 1.165) is 34.3 Å². The third-order valence-electron chi connectivity index (χ3n) is 5.97. The number of anilines is 1. The summed E-state index contributed by atoms with van der Waals surface area (Å²) < 4.78 is 7.47. The molecule has 0 saturated carbocycles. The molecule has 1 aromatic carbocycles. The maximum absolute atomic E-state index is 11.8. The zero-order valence-corrected chi connectivity index (χ0v) is 18.9. The number of ether oxygens (including phenoxy) is 1. The highest BCUT2D eigenvalue weighted by Gasteiger charge is 2.20. The van der Waals surface area contributed by atoms with Crippen molar-refractivity contribution >= 4 is 22.8 Å². The number of carboxylic acids is 1. The van der Waals surface area contributed by atoms with E-state index in [1.807, 2.05) is 29.0 Å². The zero-order chi connectivity index (χ0) is 23.5. The Kier molecular flexibility index (Phi) is 6.32. The molecule has 0 aliphatic rings. The van der Waals surface area contributed by atoms with E-state index >= 15 is 0 Å². The fourth-order valence-electron chi connectivity index (χ4n) is 3.88. The van der Waals surface area contributed by atoms with Crippen LogP contribution in [0.15, 0.2) is 49.1 Å². The molecule has 0 aliphatic carbocycles. The smallest absolute Gasteiger partial charge is 0.339 e. The second-order valence-electron chi connectivity index (χ2n) is 7.95. The molecule has 3 aromatic heterocycles. The van der Waals surface area contributed by atoms with Crippen LogP contribution < -0.4 is 15.8 Å². The van der Waals surface area contributed by atoms with Gasteiger partial charge in [-0.05, 0) is 47.7 Å². The fraction of sp³-hybridized carbons (Fsp3) is 0.292. The van der Waals surface area contributed by atoms with Crippen molar-refractivity contribution in [3.63, 3.8) is 0 Å². The van der Waals surface area contributed by atoms with Gasteiger partial charge in [0.15, 0.2) is 0 Å². The number of hydrogen-bond donors (Lipinski definition) is 4. The van der Waals surface area contributed by atoms with Crippen molar-refractivity contribution in [3.05, 3.63) is 65.7 Å². The van der Waals surface area contributed by atoms with Crippen molar-refractivity contribution in [3.8, 4) is 11.6 Å². The third-order valence-corrected chi connectivity index (χ3v) is 5.97. The number of aromatic amines is 1. The van der Waals surface area contributed by atoms with Crippen molar-refractivity contribution in [2.24, 2.45) is 5.73 Å². The lowest BCUT2D eigenvalue weighted by Crippen LogP contribution is -2.22. The summed E-state index contributed by atoms with van der Waals surface area (Å²) in [5.74, 6) is 0.821. The molecule has 2 atom stereocenters. The largest absolute Gasteiger partial charge is 0.496 e. The Labute approximate surface area is 191 Å². The molecule has 4 aromatic rings. The summed E-state index contributed by atoms with van der Waals surface area (Å²) in [5.41, 5.74) is 9.66. The van der Waals surface area contributed by atoms with E-state index in [0.29, 0.717) is 11.7 Å². The lowest BCUT2D eigenvalue weighted by molar-refractivity contribution is 0.0697. The lowest BCUT2D eigenvalue weighted by Gasteiger charge is -2.19. The molecule has 33 heavy (non-hydrogen) atoms. The first-order valence-electron chi connectivity index (χ1n) is 10.9. The summed E-state index contributed by atoms with van der Waals surface area (Å²) in [5, 5.41) is 12.9. The number of imidazole rings is 1. The van der Waals surface area contributed by atoms with Crippen LogP contribution in [0, 0.1) is 0 Å². The summed E-state index contributed by atoms with van der Waals surface area (Å²) in [6.45, 7) is 4.56. The molecule has 9 nitrogen and oxygen atoms in total. The number of rotatable bonds is 9. The topological polar surface area (TPSA) is 131 Å². The molecule has 0 aliphatic heterocycles. The third kappa shape index (κ3) is 4.27. The van der Waals surface area contributed by atoms with Crippen molar-refractivity contribution < 1.29 is 14.6 Å². The van der Waals surface area contributed by atoms with Gasteiger partial charge in [-0.3, -0.25) is 4.57 Å². The SMILES string of the molecule is CCC(C)c1cc2ncn(-c3ccc(C(=O)O)c(NC(CN)c4cc[nH]c4)n3)c2cc1OC. The van der Waals surface area contributed by atoms with Crippen LogP contribution in [0.3, 0.4) is 0 Å². The van der Waals surface area contributed by atoms with Gasteiger partial charge >= 0.3 is 5.97 Å². The number of benzene rings is 1. The number of H-pyrrole nitrogens is 1. The Morgan fingerprint density at radius 3 is 2.79 bits per heavy atom. The van der Waals surface area contributed by atoms with Crippen LogP contribution in [-0.4, -0.2) is 44.2 Å².